The van der Waals surface area contributed by atoms with Gasteiger partial charge in [0.15, 0.2) is 0 Å². The Labute approximate surface area is 163 Å². The second kappa shape index (κ2) is 8.73. The summed E-state index contributed by atoms with van der Waals surface area (Å²) in [5, 5.41) is 12.8. The first-order valence-electron chi connectivity index (χ1n) is 8.27. The molecule has 1 atom stereocenters. The number of nitrogens with zero attached hydrogens (tertiary/aromatic N) is 5. The van der Waals surface area contributed by atoms with Gasteiger partial charge in [0.05, 0.1) is 17.3 Å². The van der Waals surface area contributed by atoms with Crippen LogP contribution in [-0.4, -0.2) is 56.5 Å². The number of tetrazole rings is 1. The van der Waals surface area contributed by atoms with Gasteiger partial charge in [-0.3, -0.25) is 4.79 Å². The number of carbonyl (C=O) groups excluding carboxylic acids is 1. The smallest absolute Gasteiger partial charge is 0.235 e. The van der Waals surface area contributed by atoms with Crippen LogP contribution in [0.1, 0.15) is 27.7 Å². The predicted octanol–water partition coefficient (Wildman–Crippen LogP) is 3.10. The first-order valence-corrected chi connectivity index (χ1v) is 9.53. The minimum Gasteiger partial charge on any atom is -0.492 e. The summed E-state index contributed by atoms with van der Waals surface area (Å²) in [5.74, 6) is 0.722. The van der Waals surface area contributed by atoms with Gasteiger partial charge in [0.2, 0.25) is 11.1 Å². The maximum Gasteiger partial charge on any atom is 0.235 e. The van der Waals surface area contributed by atoms with Crippen LogP contribution in [0.25, 0.3) is 0 Å². The van der Waals surface area contributed by atoms with Gasteiger partial charge in [-0.25, -0.2) is 4.68 Å². The summed E-state index contributed by atoms with van der Waals surface area (Å²) in [6.45, 7) is 8.78. The van der Waals surface area contributed by atoms with Gasteiger partial charge in [-0.05, 0) is 62.4 Å². The van der Waals surface area contributed by atoms with E-state index in [1.54, 1.807) is 40.9 Å². The zero-order chi connectivity index (χ0) is 19.3. The lowest BCUT2D eigenvalue weighted by Gasteiger charge is -2.23. The summed E-state index contributed by atoms with van der Waals surface area (Å²) in [5.41, 5.74) is -0.243. The van der Waals surface area contributed by atoms with Gasteiger partial charge in [0.1, 0.15) is 12.4 Å². The topological polar surface area (TPSA) is 73.1 Å². The first-order chi connectivity index (χ1) is 12.2. The highest BCUT2D eigenvalue weighted by Crippen LogP contribution is 2.25. The normalized spacial score (nSPS) is 12.7. The van der Waals surface area contributed by atoms with Crippen molar-refractivity contribution in [1.82, 2.24) is 25.1 Å². The number of benzene rings is 1. The van der Waals surface area contributed by atoms with Gasteiger partial charge >= 0.3 is 0 Å². The Morgan fingerprint density at radius 3 is 2.62 bits per heavy atom. The summed E-state index contributed by atoms with van der Waals surface area (Å²) in [7, 11) is 1.76. The van der Waals surface area contributed by atoms with E-state index in [-0.39, 0.29) is 16.7 Å². The molecule has 2 aromatic rings. The Morgan fingerprint density at radius 1 is 1.35 bits per heavy atom. The zero-order valence-corrected chi connectivity index (χ0v) is 17.2. The molecule has 0 aliphatic rings. The SMILES string of the molecule is C[C@@H](Sc1nnnn1C(C)(C)C)C(=O)N(C)CCOc1ccc(Cl)cc1. The third-order valence-electron chi connectivity index (χ3n) is 3.59. The Bertz CT molecular complexity index is 729. The Kier molecular flexibility index (Phi) is 6.88. The van der Waals surface area contributed by atoms with Gasteiger partial charge < -0.3 is 9.64 Å². The van der Waals surface area contributed by atoms with Crippen molar-refractivity contribution < 1.29 is 9.53 Å². The molecule has 9 heteroatoms. The van der Waals surface area contributed by atoms with Gasteiger partial charge in [-0.15, -0.1) is 5.10 Å². The fourth-order valence-corrected chi connectivity index (χ4v) is 3.35. The predicted molar refractivity (Wildman–Crippen MR) is 103 cm³/mol. The van der Waals surface area contributed by atoms with Gasteiger partial charge in [0.25, 0.3) is 0 Å². The van der Waals surface area contributed by atoms with E-state index >= 15 is 0 Å². The quantitative estimate of drug-likeness (QED) is 0.668. The number of carbonyl (C=O) groups is 1. The summed E-state index contributed by atoms with van der Waals surface area (Å²) in [4.78, 5) is 14.2. The number of likely N-dealkylation sites (N-methyl/N-ethyl adjacent to an activating group) is 1. The van der Waals surface area contributed by atoms with Crippen molar-refractivity contribution >= 4 is 29.3 Å². The standard InChI is InChI=1S/C17H24ClN5O2S/c1-12(26-16-19-20-21-23(16)17(2,3)4)15(24)22(5)10-11-25-14-8-6-13(18)7-9-14/h6-9,12H,10-11H2,1-5H3/t12-/m1/s1. The molecule has 26 heavy (non-hydrogen) atoms. The van der Waals surface area contributed by atoms with Crippen molar-refractivity contribution in [3.8, 4) is 5.75 Å². The molecule has 142 valence electrons. The third kappa shape index (κ3) is 5.60. The molecule has 7 nitrogen and oxygen atoms in total. The fraction of sp³-hybridized carbons (Fsp3) is 0.529. The maximum absolute atomic E-state index is 12.6. The van der Waals surface area contributed by atoms with Crippen molar-refractivity contribution in [1.29, 1.82) is 0 Å². The molecule has 0 aliphatic heterocycles. The summed E-state index contributed by atoms with van der Waals surface area (Å²) in [6, 6.07) is 7.14. The van der Waals surface area contributed by atoms with E-state index in [2.05, 4.69) is 15.5 Å². The number of amides is 1. The largest absolute Gasteiger partial charge is 0.492 e. The van der Waals surface area contributed by atoms with E-state index < -0.39 is 0 Å². The molecular formula is C17H24ClN5O2S. The zero-order valence-electron chi connectivity index (χ0n) is 15.6. The molecular weight excluding hydrogens is 374 g/mol. The van der Waals surface area contributed by atoms with Crippen molar-refractivity contribution in [3.05, 3.63) is 29.3 Å². The molecule has 2 rings (SSSR count). The van der Waals surface area contributed by atoms with Crippen LogP contribution in [0.5, 0.6) is 5.75 Å². The summed E-state index contributed by atoms with van der Waals surface area (Å²) >= 11 is 7.20. The molecule has 1 aromatic carbocycles. The molecule has 0 aliphatic carbocycles. The number of halogens is 1. The van der Waals surface area contributed by atoms with Crippen LogP contribution in [0.4, 0.5) is 0 Å². The van der Waals surface area contributed by atoms with Gasteiger partial charge in [-0.2, -0.15) is 0 Å². The highest BCUT2D eigenvalue weighted by Gasteiger charge is 2.25. The molecule has 0 saturated heterocycles. The van der Waals surface area contributed by atoms with Crippen molar-refractivity contribution in [3.63, 3.8) is 0 Å². The van der Waals surface area contributed by atoms with Gasteiger partial charge in [-0.1, -0.05) is 23.4 Å². The number of ether oxygens (including phenoxy) is 1. The molecule has 0 saturated carbocycles. The lowest BCUT2D eigenvalue weighted by Crippen LogP contribution is -2.36. The van der Waals surface area contributed by atoms with Crippen LogP contribution < -0.4 is 4.74 Å². The van der Waals surface area contributed by atoms with Crippen LogP contribution in [0, 0.1) is 0 Å². The number of thioether (sulfide) groups is 1. The first kappa shape index (κ1) is 20.5. The Hall–Kier alpha value is -1.80. The molecule has 0 N–H and O–H groups in total. The highest BCUT2D eigenvalue weighted by molar-refractivity contribution is 8.00. The van der Waals surface area contributed by atoms with E-state index in [0.29, 0.717) is 23.3 Å². The summed E-state index contributed by atoms with van der Waals surface area (Å²) < 4.78 is 7.36. The van der Waals surface area contributed by atoms with E-state index in [0.717, 1.165) is 5.75 Å². The van der Waals surface area contributed by atoms with E-state index in [1.807, 2.05) is 27.7 Å². The number of hydrogen-bond acceptors (Lipinski definition) is 6. The average molecular weight is 398 g/mol. The molecule has 0 spiro atoms. The molecule has 0 fully saturated rings. The number of aromatic nitrogens is 4. The van der Waals surface area contributed by atoms with E-state index in [4.69, 9.17) is 16.3 Å². The van der Waals surface area contributed by atoms with Crippen LogP contribution in [0.15, 0.2) is 29.4 Å². The fourth-order valence-electron chi connectivity index (χ4n) is 2.13. The third-order valence-corrected chi connectivity index (χ3v) is 4.86. The monoisotopic (exact) mass is 397 g/mol. The minimum atomic E-state index is -0.303. The molecule has 1 aromatic heterocycles. The van der Waals surface area contributed by atoms with Crippen LogP contribution >= 0.6 is 23.4 Å². The second-order valence-corrected chi connectivity index (χ2v) is 8.61. The molecule has 0 unspecified atom stereocenters. The summed E-state index contributed by atoms with van der Waals surface area (Å²) in [6.07, 6.45) is 0. The highest BCUT2D eigenvalue weighted by atomic mass is 35.5. The van der Waals surface area contributed by atoms with Crippen LogP contribution in [-0.2, 0) is 10.3 Å². The minimum absolute atomic E-state index is 0.00170. The van der Waals surface area contributed by atoms with Crippen LogP contribution in [0.3, 0.4) is 0 Å². The second-order valence-electron chi connectivity index (χ2n) is 6.87. The Morgan fingerprint density at radius 2 is 2.00 bits per heavy atom. The number of rotatable bonds is 7. The molecule has 1 amide bonds. The van der Waals surface area contributed by atoms with Gasteiger partial charge in [0, 0.05) is 12.1 Å². The average Bonchev–Trinajstić information content (AvgIpc) is 3.04. The molecule has 0 bridgehead atoms. The van der Waals surface area contributed by atoms with Crippen molar-refractivity contribution in [2.24, 2.45) is 0 Å². The molecule has 0 radical (unpaired) electrons. The molecule has 1 heterocycles. The van der Waals surface area contributed by atoms with E-state index in [9.17, 15) is 4.79 Å². The van der Waals surface area contributed by atoms with Crippen LogP contribution in [0.2, 0.25) is 5.02 Å². The number of hydrogen-bond donors (Lipinski definition) is 0. The maximum atomic E-state index is 12.6. The Balaban J connectivity index is 1.85. The van der Waals surface area contributed by atoms with E-state index in [1.165, 1.54) is 11.8 Å². The lowest BCUT2D eigenvalue weighted by molar-refractivity contribution is -0.129. The van der Waals surface area contributed by atoms with Crippen molar-refractivity contribution in [2.45, 2.75) is 43.6 Å². The van der Waals surface area contributed by atoms with Crippen molar-refractivity contribution in [2.75, 3.05) is 20.2 Å². The lowest BCUT2D eigenvalue weighted by atomic mass is 10.1.